The van der Waals surface area contributed by atoms with Crippen molar-refractivity contribution < 1.29 is 9.59 Å². The van der Waals surface area contributed by atoms with Crippen LogP contribution in [-0.4, -0.2) is 34.8 Å². The molecule has 20 heavy (non-hydrogen) atoms. The van der Waals surface area contributed by atoms with E-state index < -0.39 is 5.54 Å². The van der Waals surface area contributed by atoms with Crippen molar-refractivity contribution in [1.82, 2.24) is 10.2 Å². The van der Waals surface area contributed by atoms with Crippen molar-refractivity contribution in [2.75, 3.05) is 6.54 Å². The highest BCUT2D eigenvalue weighted by molar-refractivity contribution is 5.99. The molecule has 2 amide bonds. The zero-order valence-corrected chi connectivity index (χ0v) is 13.2. The van der Waals surface area contributed by atoms with Crippen LogP contribution < -0.4 is 5.32 Å². The number of nitrogens with one attached hydrogen (secondary N) is 1. The average Bonchev–Trinajstić information content (AvgIpc) is 2.36. The van der Waals surface area contributed by atoms with E-state index in [0.29, 0.717) is 12.5 Å². The number of amides is 2. The molecule has 0 spiro atoms. The van der Waals surface area contributed by atoms with Gasteiger partial charge in [0.15, 0.2) is 0 Å². The van der Waals surface area contributed by atoms with Crippen molar-refractivity contribution in [3.05, 3.63) is 0 Å². The summed E-state index contributed by atoms with van der Waals surface area (Å²) in [7, 11) is 0. The molecule has 2 fully saturated rings. The van der Waals surface area contributed by atoms with Crippen molar-refractivity contribution in [2.24, 2.45) is 11.8 Å². The van der Waals surface area contributed by atoms with Crippen molar-refractivity contribution in [1.29, 1.82) is 0 Å². The first-order valence-corrected chi connectivity index (χ1v) is 7.94. The zero-order chi connectivity index (χ0) is 14.9. The van der Waals surface area contributed by atoms with Crippen molar-refractivity contribution in [3.63, 3.8) is 0 Å². The molecular formula is C16H28N2O2. The highest BCUT2D eigenvalue weighted by Gasteiger charge is 2.43. The van der Waals surface area contributed by atoms with Crippen LogP contribution in [0.3, 0.4) is 0 Å². The smallest absolute Gasteiger partial charge is 0.248 e. The van der Waals surface area contributed by atoms with Crippen LogP contribution in [0, 0.1) is 11.8 Å². The number of rotatable bonds is 3. The Labute approximate surface area is 122 Å². The molecule has 1 aliphatic carbocycles. The predicted octanol–water partition coefficient (Wildman–Crippen LogP) is 2.33. The molecule has 0 aromatic heterocycles. The van der Waals surface area contributed by atoms with Gasteiger partial charge in [0, 0.05) is 6.54 Å². The molecule has 1 N–H and O–H groups in total. The van der Waals surface area contributed by atoms with Gasteiger partial charge < -0.3 is 10.2 Å². The van der Waals surface area contributed by atoms with Crippen LogP contribution >= 0.6 is 0 Å². The normalized spacial score (nSPS) is 34.0. The van der Waals surface area contributed by atoms with E-state index in [1.54, 1.807) is 18.7 Å². The predicted molar refractivity (Wildman–Crippen MR) is 79.1 cm³/mol. The van der Waals surface area contributed by atoms with E-state index in [1.165, 1.54) is 25.7 Å². The molecule has 0 aromatic carbocycles. The van der Waals surface area contributed by atoms with Crippen LogP contribution in [0.15, 0.2) is 0 Å². The second kappa shape index (κ2) is 5.74. The lowest BCUT2D eigenvalue weighted by molar-refractivity contribution is -0.153. The summed E-state index contributed by atoms with van der Waals surface area (Å²) in [6, 6.07) is -0.337. The minimum absolute atomic E-state index is 0.0355. The lowest BCUT2D eigenvalue weighted by atomic mass is 9.80. The van der Waals surface area contributed by atoms with Gasteiger partial charge in [-0.15, -0.1) is 0 Å². The molecule has 1 heterocycles. The van der Waals surface area contributed by atoms with Gasteiger partial charge in [0.05, 0.1) is 0 Å². The van der Waals surface area contributed by atoms with Gasteiger partial charge in [0.1, 0.15) is 11.6 Å². The van der Waals surface area contributed by atoms with Gasteiger partial charge in [-0.3, -0.25) is 9.59 Å². The number of piperazine rings is 1. The van der Waals surface area contributed by atoms with E-state index in [9.17, 15) is 9.59 Å². The fraction of sp³-hybridized carbons (Fsp3) is 0.875. The molecule has 2 aliphatic rings. The molecule has 114 valence electrons. The summed E-state index contributed by atoms with van der Waals surface area (Å²) < 4.78 is 0. The SMILES string of the molecule is CC1CCCC(CCN2C(=O)C(C)(C)NC(=O)C2C)C1. The van der Waals surface area contributed by atoms with Crippen LogP contribution in [0.4, 0.5) is 0 Å². The lowest BCUT2D eigenvalue weighted by Gasteiger charge is -2.42. The molecule has 1 saturated carbocycles. The van der Waals surface area contributed by atoms with Gasteiger partial charge in [-0.25, -0.2) is 0 Å². The average molecular weight is 280 g/mol. The van der Waals surface area contributed by atoms with E-state index in [2.05, 4.69) is 12.2 Å². The number of carbonyl (C=O) groups excluding carboxylic acids is 2. The molecule has 1 aliphatic heterocycles. The van der Waals surface area contributed by atoms with Crippen LogP contribution in [0.5, 0.6) is 0 Å². The zero-order valence-electron chi connectivity index (χ0n) is 13.2. The van der Waals surface area contributed by atoms with Gasteiger partial charge in [-0.1, -0.05) is 26.2 Å². The fourth-order valence-corrected chi connectivity index (χ4v) is 3.58. The van der Waals surface area contributed by atoms with E-state index in [4.69, 9.17) is 0 Å². The summed E-state index contributed by atoms with van der Waals surface area (Å²) in [5, 5.41) is 2.80. The third-order valence-electron chi connectivity index (χ3n) is 4.90. The third kappa shape index (κ3) is 3.15. The van der Waals surface area contributed by atoms with E-state index >= 15 is 0 Å². The van der Waals surface area contributed by atoms with Crippen LogP contribution in [-0.2, 0) is 9.59 Å². The Morgan fingerprint density at radius 2 is 1.95 bits per heavy atom. The maximum absolute atomic E-state index is 12.5. The molecule has 0 bridgehead atoms. The summed E-state index contributed by atoms with van der Waals surface area (Å²) in [6.45, 7) is 8.43. The molecular weight excluding hydrogens is 252 g/mol. The second-order valence-electron chi connectivity index (χ2n) is 7.22. The Morgan fingerprint density at radius 3 is 2.60 bits per heavy atom. The highest BCUT2D eigenvalue weighted by Crippen LogP contribution is 2.31. The summed E-state index contributed by atoms with van der Waals surface area (Å²) in [4.78, 5) is 26.2. The van der Waals surface area contributed by atoms with Crippen LogP contribution in [0.2, 0.25) is 0 Å². The molecule has 3 atom stereocenters. The summed E-state index contributed by atoms with van der Waals surface area (Å²) >= 11 is 0. The monoisotopic (exact) mass is 280 g/mol. The van der Waals surface area contributed by atoms with E-state index in [-0.39, 0.29) is 17.9 Å². The molecule has 4 heteroatoms. The van der Waals surface area contributed by atoms with Crippen LogP contribution in [0.1, 0.15) is 59.8 Å². The minimum Gasteiger partial charge on any atom is -0.340 e. The van der Waals surface area contributed by atoms with E-state index in [1.807, 2.05) is 6.92 Å². The molecule has 0 radical (unpaired) electrons. The molecule has 2 rings (SSSR count). The molecule has 4 nitrogen and oxygen atoms in total. The van der Waals surface area contributed by atoms with Gasteiger partial charge in [0.2, 0.25) is 11.8 Å². The first kappa shape index (κ1) is 15.3. The van der Waals surface area contributed by atoms with Crippen LogP contribution in [0.25, 0.3) is 0 Å². The van der Waals surface area contributed by atoms with E-state index in [0.717, 1.165) is 12.3 Å². The Hall–Kier alpha value is -1.06. The Morgan fingerprint density at radius 1 is 1.25 bits per heavy atom. The van der Waals surface area contributed by atoms with Crippen molar-refractivity contribution in [3.8, 4) is 0 Å². The quantitative estimate of drug-likeness (QED) is 0.862. The Bertz CT molecular complexity index is 392. The topological polar surface area (TPSA) is 49.4 Å². The van der Waals surface area contributed by atoms with Gasteiger partial charge in [-0.05, 0) is 45.4 Å². The number of hydrogen-bond donors (Lipinski definition) is 1. The van der Waals surface area contributed by atoms with Gasteiger partial charge >= 0.3 is 0 Å². The fourth-order valence-electron chi connectivity index (χ4n) is 3.58. The summed E-state index contributed by atoms with van der Waals surface area (Å²) in [6.07, 6.45) is 6.22. The number of nitrogens with zero attached hydrogens (tertiary/aromatic N) is 1. The number of hydrogen-bond acceptors (Lipinski definition) is 2. The maximum Gasteiger partial charge on any atom is 0.248 e. The Balaban J connectivity index is 1.96. The molecule has 3 unspecified atom stereocenters. The largest absolute Gasteiger partial charge is 0.340 e. The molecule has 0 aromatic rings. The standard InChI is InChI=1S/C16H28N2O2/c1-11-6-5-7-13(10-11)8-9-18-12(2)14(19)17-16(3,4)15(18)20/h11-13H,5-10H2,1-4H3,(H,17,19). The van der Waals surface area contributed by atoms with Gasteiger partial charge in [0.25, 0.3) is 0 Å². The first-order valence-electron chi connectivity index (χ1n) is 7.94. The van der Waals surface area contributed by atoms with Crippen molar-refractivity contribution >= 4 is 11.8 Å². The highest BCUT2D eigenvalue weighted by atomic mass is 16.2. The van der Waals surface area contributed by atoms with Gasteiger partial charge in [-0.2, -0.15) is 0 Å². The second-order valence-corrected chi connectivity index (χ2v) is 7.22. The third-order valence-corrected chi connectivity index (χ3v) is 4.90. The Kier molecular flexibility index (Phi) is 4.40. The maximum atomic E-state index is 12.5. The lowest BCUT2D eigenvalue weighted by Crippen LogP contribution is -2.67. The van der Waals surface area contributed by atoms with Crippen molar-refractivity contribution in [2.45, 2.75) is 71.4 Å². The summed E-state index contributed by atoms with van der Waals surface area (Å²) in [5.74, 6) is 1.54. The molecule has 1 saturated heterocycles. The minimum atomic E-state index is -0.760. The summed E-state index contributed by atoms with van der Waals surface area (Å²) in [5.41, 5.74) is -0.760. The number of carbonyl (C=O) groups is 2. The first-order chi connectivity index (χ1) is 9.31.